The smallest absolute Gasteiger partial charge is 0.00182 e. The van der Waals surface area contributed by atoms with Gasteiger partial charge < -0.3 is 0 Å². The van der Waals surface area contributed by atoms with Crippen molar-refractivity contribution in [3.8, 4) is 0 Å². The monoisotopic (exact) mass is 194 g/mol. The van der Waals surface area contributed by atoms with Crippen molar-refractivity contribution >= 4 is 16.9 Å². The minimum absolute atomic E-state index is 1.16. The van der Waals surface area contributed by atoms with Crippen LogP contribution >= 0.6 is 11.3 Å². The van der Waals surface area contributed by atoms with Crippen molar-refractivity contribution in [2.75, 3.05) is 0 Å². The average molecular weight is 194 g/mol. The van der Waals surface area contributed by atoms with Gasteiger partial charge in [0.2, 0.25) is 0 Å². The van der Waals surface area contributed by atoms with Gasteiger partial charge in [-0.3, -0.25) is 0 Å². The Hall–Kier alpha value is -0.560. The number of allylic oxidation sites excluding steroid dienone is 1. The Kier molecular flexibility index (Phi) is 4.84. The summed E-state index contributed by atoms with van der Waals surface area (Å²) in [4.78, 5) is 0. The van der Waals surface area contributed by atoms with Crippen molar-refractivity contribution in [3.05, 3.63) is 29.0 Å². The van der Waals surface area contributed by atoms with Gasteiger partial charge in [0.25, 0.3) is 0 Å². The number of rotatable bonds is 6. The van der Waals surface area contributed by atoms with Crippen molar-refractivity contribution in [1.29, 1.82) is 0 Å². The zero-order valence-corrected chi connectivity index (χ0v) is 9.20. The fraction of sp³-hybridized carbons (Fsp3) is 0.500. The number of hydrogen-bond acceptors (Lipinski definition) is 1. The molecule has 0 nitrogen and oxygen atoms in total. The summed E-state index contributed by atoms with van der Waals surface area (Å²) in [5.74, 6) is 0. The van der Waals surface area contributed by atoms with E-state index in [2.05, 4.69) is 30.3 Å². The maximum atomic E-state index is 4.10. The van der Waals surface area contributed by atoms with Crippen molar-refractivity contribution in [2.24, 2.45) is 0 Å². The van der Waals surface area contributed by atoms with E-state index in [1.165, 1.54) is 36.8 Å². The fourth-order valence-electron chi connectivity index (χ4n) is 1.38. The molecule has 0 aliphatic carbocycles. The highest BCUT2D eigenvalue weighted by atomic mass is 32.1. The number of thiophene rings is 1. The summed E-state index contributed by atoms with van der Waals surface area (Å²) in [6.45, 7) is 6.35. The third-order valence-corrected chi connectivity index (χ3v) is 2.94. The van der Waals surface area contributed by atoms with Crippen LogP contribution in [0.4, 0.5) is 0 Å². The molecule has 1 aromatic heterocycles. The molecule has 13 heavy (non-hydrogen) atoms. The Labute approximate surface area is 85.3 Å². The molecule has 0 saturated carbocycles. The zero-order chi connectivity index (χ0) is 9.52. The van der Waals surface area contributed by atoms with Crippen LogP contribution in [0.2, 0.25) is 0 Å². The predicted octanol–water partition coefficient (Wildman–Crippen LogP) is 4.73. The van der Waals surface area contributed by atoms with Crippen LogP contribution in [0.25, 0.3) is 5.57 Å². The molecule has 0 spiro atoms. The molecule has 0 amide bonds. The highest BCUT2D eigenvalue weighted by molar-refractivity contribution is 7.08. The Morgan fingerprint density at radius 2 is 2.23 bits per heavy atom. The molecule has 1 rings (SSSR count). The lowest BCUT2D eigenvalue weighted by Gasteiger charge is -2.02. The molecule has 0 aliphatic heterocycles. The third kappa shape index (κ3) is 3.77. The lowest BCUT2D eigenvalue weighted by atomic mass is 10.0. The average Bonchev–Trinajstić information content (AvgIpc) is 2.65. The Morgan fingerprint density at radius 3 is 2.85 bits per heavy atom. The molecule has 0 aromatic carbocycles. The van der Waals surface area contributed by atoms with E-state index in [1.54, 1.807) is 11.3 Å². The molecule has 0 bridgehead atoms. The van der Waals surface area contributed by atoms with E-state index in [-0.39, 0.29) is 0 Å². The van der Waals surface area contributed by atoms with E-state index in [0.717, 1.165) is 6.42 Å². The molecule has 0 atom stereocenters. The normalized spacial score (nSPS) is 10.2. The van der Waals surface area contributed by atoms with Crippen molar-refractivity contribution in [3.63, 3.8) is 0 Å². The molecular weight excluding hydrogens is 176 g/mol. The van der Waals surface area contributed by atoms with Gasteiger partial charge in [-0.15, -0.1) is 0 Å². The van der Waals surface area contributed by atoms with E-state index in [1.807, 2.05) is 0 Å². The van der Waals surface area contributed by atoms with E-state index < -0.39 is 0 Å². The van der Waals surface area contributed by atoms with Crippen LogP contribution in [0.5, 0.6) is 0 Å². The summed E-state index contributed by atoms with van der Waals surface area (Å²) >= 11 is 1.75. The van der Waals surface area contributed by atoms with Crippen molar-refractivity contribution in [2.45, 2.75) is 39.0 Å². The second-order valence-electron chi connectivity index (χ2n) is 3.43. The van der Waals surface area contributed by atoms with Gasteiger partial charge in [0.1, 0.15) is 0 Å². The molecule has 0 saturated heterocycles. The fourth-order valence-corrected chi connectivity index (χ4v) is 2.07. The standard InChI is InChI=1S/C12H18S/c1-3-4-5-6-7-11(2)12-8-9-13-10-12/h8-10H,2-7H2,1H3. The van der Waals surface area contributed by atoms with Gasteiger partial charge in [0.05, 0.1) is 0 Å². The minimum atomic E-state index is 1.16. The molecule has 1 heterocycles. The van der Waals surface area contributed by atoms with E-state index in [9.17, 15) is 0 Å². The Bertz CT molecular complexity index is 234. The van der Waals surface area contributed by atoms with Crippen molar-refractivity contribution < 1.29 is 0 Å². The van der Waals surface area contributed by atoms with Gasteiger partial charge in [-0.05, 0) is 40.8 Å². The molecule has 1 heteroatoms. The number of hydrogen-bond donors (Lipinski definition) is 0. The quantitative estimate of drug-likeness (QED) is 0.574. The highest BCUT2D eigenvalue weighted by Gasteiger charge is 1.98. The highest BCUT2D eigenvalue weighted by Crippen LogP contribution is 2.21. The minimum Gasteiger partial charge on any atom is -0.152 e. The summed E-state index contributed by atoms with van der Waals surface area (Å²) in [7, 11) is 0. The third-order valence-electron chi connectivity index (χ3n) is 2.26. The SMILES string of the molecule is C=C(CCCCCC)c1ccsc1. The molecule has 0 N–H and O–H groups in total. The second kappa shape index (κ2) is 5.98. The van der Waals surface area contributed by atoms with Crippen LogP contribution in [-0.2, 0) is 0 Å². The van der Waals surface area contributed by atoms with Crippen LogP contribution in [0.1, 0.15) is 44.6 Å². The summed E-state index contributed by atoms with van der Waals surface area (Å²) in [5, 5.41) is 4.30. The zero-order valence-electron chi connectivity index (χ0n) is 8.38. The van der Waals surface area contributed by atoms with E-state index in [4.69, 9.17) is 0 Å². The van der Waals surface area contributed by atoms with Crippen LogP contribution < -0.4 is 0 Å². The van der Waals surface area contributed by atoms with Gasteiger partial charge >= 0.3 is 0 Å². The molecular formula is C12H18S. The maximum Gasteiger partial charge on any atom is -0.00182 e. The molecule has 0 fully saturated rings. The van der Waals surface area contributed by atoms with E-state index >= 15 is 0 Å². The summed E-state index contributed by atoms with van der Waals surface area (Å²) in [5.41, 5.74) is 2.64. The van der Waals surface area contributed by atoms with Gasteiger partial charge in [0.15, 0.2) is 0 Å². The first-order valence-corrected chi connectivity index (χ1v) is 5.99. The predicted molar refractivity (Wildman–Crippen MR) is 62.1 cm³/mol. The lowest BCUT2D eigenvalue weighted by Crippen LogP contribution is -1.81. The van der Waals surface area contributed by atoms with Crippen LogP contribution in [0, 0.1) is 0 Å². The first-order valence-electron chi connectivity index (χ1n) is 5.05. The summed E-state index contributed by atoms with van der Waals surface area (Å²) in [6, 6.07) is 2.16. The van der Waals surface area contributed by atoms with Crippen LogP contribution in [0.15, 0.2) is 23.4 Å². The second-order valence-corrected chi connectivity index (χ2v) is 4.21. The topological polar surface area (TPSA) is 0 Å². The molecule has 0 radical (unpaired) electrons. The molecule has 72 valence electrons. The lowest BCUT2D eigenvalue weighted by molar-refractivity contribution is 0.679. The first kappa shape index (κ1) is 10.5. The maximum absolute atomic E-state index is 4.10. The molecule has 0 unspecified atom stereocenters. The Balaban J connectivity index is 2.19. The number of unbranched alkanes of at least 4 members (excludes halogenated alkanes) is 3. The molecule has 1 aromatic rings. The van der Waals surface area contributed by atoms with Gasteiger partial charge in [-0.2, -0.15) is 11.3 Å². The van der Waals surface area contributed by atoms with Crippen LogP contribution in [-0.4, -0.2) is 0 Å². The first-order chi connectivity index (χ1) is 6.34. The van der Waals surface area contributed by atoms with Gasteiger partial charge in [-0.25, -0.2) is 0 Å². The summed E-state index contributed by atoms with van der Waals surface area (Å²) < 4.78 is 0. The van der Waals surface area contributed by atoms with Crippen molar-refractivity contribution in [1.82, 2.24) is 0 Å². The molecule has 0 aliphatic rings. The van der Waals surface area contributed by atoms with Gasteiger partial charge in [-0.1, -0.05) is 32.8 Å². The van der Waals surface area contributed by atoms with Gasteiger partial charge in [0, 0.05) is 0 Å². The van der Waals surface area contributed by atoms with E-state index in [0.29, 0.717) is 0 Å². The van der Waals surface area contributed by atoms with Crippen LogP contribution in [0.3, 0.4) is 0 Å². The largest absolute Gasteiger partial charge is 0.152 e. The Morgan fingerprint density at radius 1 is 1.38 bits per heavy atom. The summed E-state index contributed by atoms with van der Waals surface area (Å²) in [6.07, 6.45) is 6.47.